The van der Waals surface area contributed by atoms with E-state index in [0.29, 0.717) is 5.56 Å². The lowest BCUT2D eigenvalue weighted by Crippen LogP contribution is -2.34. The molecule has 0 amide bonds. The molecule has 1 unspecified atom stereocenters. The standard InChI is InChI=1S/C29H27O3S/c1-29(22-31-2,24-12-6-3-7-13-24)32-28(30)23-18-20-27(21-19-23)33(25-14-8-4-9-15-25)26-16-10-5-11-17-26/h3-21H,22H2,1-2H3/q+1. The molecule has 0 heterocycles. The maximum atomic E-state index is 13.1. The summed E-state index contributed by atoms with van der Waals surface area (Å²) in [4.78, 5) is 16.7. The Morgan fingerprint density at radius 2 is 1.15 bits per heavy atom. The van der Waals surface area contributed by atoms with Crippen LogP contribution in [0.15, 0.2) is 130 Å². The molecule has 0 aliphatic rings. The monoisotopic (exact) mass is 455 g/mol. The van der Waals surface area contributed by atoms with E-state index < -0.39 is 5.60 Å². The summed E-state index contributed by atoms with van der Waals surface area (Å²) in [7, 11) is 1.35. The third-order valence-corrected chi connectivity index (χ3v) is 7.64. The minimum absolute atomic E-state index is 0.260. The van der Waals surface area contributed by atoms with Crippen molar-refractivity contribution in [3.05, 3.63) is 126 Å². The van der Waals surface area contributed by atoms with E-state index in [-0.39, 0.29) is 23.5 Å². The van der Waals surface area contributed by atoms with Gasteiger partial charge in [-0.05, 0) is 61.0 Å². The number of hydrogen-bond donors (Lipinski definition) is 0. The zero-order valence-electron chi connectivity index (χ0n) is 18.8. The molecule has 0 spiro atoms. The van der Waals surface area contributed by atoms with E-state index in [0.717, 1.165) is 10.5 Å². The SMILES string of the molecule is COCC(C)(OC(=O)c1ccc([S+](c2ccccc2)c2ccccc2)cc1)c1ccccc1. The predicted octanol–water partition coefficient (Wildman–Crippen LogP) is 6.50. The third kappa shape index (κ3) is 5.36. The van der Waals surface area contributed by atoms with Crippen molar-refractivity contribution in [1.82, 2.24) is 0 Å². The summed E-state index contributed by atoms with van der Waals surface area (Å²) in [5, 5.41) is 0. The number of carbonyl (C=O) groups excluding carboxylic acids is 1. The van der Waals surface area contributed by atoms with Gasteiger partial charge in [-0.1, -0.05) is 66.7 Å². The molecular formula is C29H27O3S+. The van der Waals surface area contributed by atoms with Crippen molar-refractivity contribution in [3.8, 4) is 0 Å². The number of hydrogen-bond acceptors (Lipinski definition) is 3. The summed E-state index contributed by atoms with van der Waals surface area (Å²) in [6.45, 7) is 2.15. The predicted molar refractivity (Wildman–Crippen MR) is 133 cm³/mol. The Hall–Kier alpha value is -3.34. The third-order valence-electron chi connectivity index (χ3n) is 5.41. The summed E-state index contributed by atoms with van der Waals surface area (Å²) in [6.07, 6.45) is 0. The van der Waals surface area contributed by atoms with Gasteiger partial charge in [-0.3, -0.25) is 0 Å². The highest BCUT2D eigenvalue weighted by atomic mass is 32.2. The van der Waals surface area contributed by atoms with Crippen molar-refractivity contribution in [2.24, 2.45) is 0 Å². The lowest BCUT2D eigenvalue weighted by molar-refractivity contribution is -0.0504. The average Bonchev–Trinajstić information content (AvgIpc) is 2.87. The van der Waals surface area contributed by atoms with Gasteiger partial charge in [-0.25, -0.2) is 4.79 Å². The van der Waals surface area contributed by atoms with Crippen LogP contribution in [-0.2, 0) is 26.0 Å². The molecule has 4 aromatic rings. The van der Waals surface area contributed by atoms with Crippen molar-refractivity contribution in [2.45, 2.75) is 27.2 Å². The number of rotatable bonds is 8. The molecule has 0 aliphatic carbocycles. The molecule has 4 heteroatoms. The summed E-state index contributed by atoms with van der Waals surface area (Å²) < 4.78 is 11.3. The molecule has 1 atom stereocenters. The number of carbonyl (C=O) groups is 1. The first-order chi connectivity index (χ1) is 16.1. The molecular weight excluding hydrogens is 428 g/mol. The number of benzene rings is 4. The number of esters is 1. The van der Waals surface area contributed by atoms with Crippen LogP contribution in [0.5, 0.6) is 0 Å². The van der Waals surface area contributed by atoms with E-state index in [1.54, 1.807) is 7.11 Å². The average molecular weight is 456 g/mol. The van der Waals surface area contributed by atoms with Crippen LogP contribution in [0.1, 0.15) is 22.8 Å². The molecule has 0 aromatic heterocycles. The second kappa shape index (κ2) is 10.5. The normalized spacial score (nSPS) is 12.8. The van der Waals surface area contributed by atoms with Crippen molar-refractivity contribution in [2.75, 3.05) is 13.7 Å². The van der Waals surface area contributed by atoms with Crippen LogP contribution < -0.4 is 0 Å². The van der Waals surface area contributed by atoms with Gasteiger partial charge in [0.15, 0.2) is 20.3 Å². The maximum Gasteiger partial charge on any atom is 0.339 e. The van der Waals surface area contributed by atoms with E-state index in [4.69, 9.17) is 9.47 Å². The van der Waals surface area contributed by atoms with Crippen LogP contribution >= 0.6 is 0 Å². The van der Waals surface area contributed by atoms with E-state index >= 15 is 0 Å². The molecule has 0 aliphatic heterocycles. The first kappa shape index (κ1) is 22.8. The Balaban J connectivity index is 1.61. The van der Waals surface area contributed by atoms with Crippen LogP contribution in [0, 0.1) is 0 Å². The largest absolute Gasteiger partial charge is 0.448 e. The van der Waals surface area contributed by atoms with E-state index in [1.165, 1.54) is 9.79 Å². The maximum absolute atomic E-state index is 13.1. The van der Waals surface area contributed by atoms with Crippen LogP contribution in [0.3, 0.4) is 0 Å². The molecule has 4 aromatic carbocycles. The zero-order valence-corrected chi connectivity index (χ0v) is 19.6. The lowest BCUT2D eigenvalue weighted by atomic mass is 9.96. The fourth-order valence-electron chi connectivity index (χ4n) is 3.75. The van der Waals surface area contributed by atoms with Gasteiger partial charge >= 0.3 is 5.97 Å². The van der Waals surface area contributed by atoms with Gasteiger partial charge in [0.05, 0.1) is 23.1 Å². The first-order valence-electron chi connectivity index (χ1n) is 10.8. The molecule has 4 rings (SSSR count). The van der Waals surface area contributed by atoms with Gasteiger partial charge in [-0.2, -0.15) is 0 Å². The summed E-state index contributed by atoms with van der Waals surface area (Å²) in [5.74, 6) is -0.371. The van der Waals surface area contributed by atoms with Gasteiger partial charge < -0.3 is 9.47 Å². The fraction of sp³-hybridized carbons (Fsp3) is 0.138. The van der Waals surface area contributed by atoms with E-state index in [1.807, 2.05) is 73.7 Å². The molecule has 3 nitrogen and oxygen atoms in total. The molecule has 0 saturated carbocycles. The lowest BCUT2D eigenvalue weighted by Gasteiger charge is -2.29. The Morgan fingerprint density at radius 3 is 1.64 bits per heavy atom. The van der Waals surface area contributed by atoms with Gasteiger partial charge in [-0.15, -0.1) is 0 Å². The van der Waals surface area contributed by atoms with Gasteiger partial charge in [0.1, 0.15) is 0 Å². The highest BCUT2D eigenvalue weighted by Gasteiger charge is 2.32. The molecule has 0 fully saturated rings. The molecule has 0 radical (unpaired) electrons. The summed E-state index contributed by atoms with van der Waals surface area (Å²) >= 11 is 0. The fourth-order valence-corrected chi connectivity index (χ4v) is 5.83. The highest BCUT2D eigenvalue weighted by molar-refractivity contribution is 7.97. The smallest absolute Gasteiger partial charge is 0.339 e. The van der Waals surface area contributed by atoms with Crippen LogP contribution in [0.4, 0.5) is 0 Å². The molecule has 0 N–H and O–H groups in total. The van der Waals surface area contributed by atoms with Crippen molar-refractivity contribution in [1.29, 1.82) is 0 Å². The minimum atomic E-state index is -0.871. The first-order valence-corrected chi connectivity index (χ1v) is 12.1. The van der Waals surface area contributed by atoms with Gasteiger partial charge in [0.25, 0.3) is 0 Å². The molecule has 33 heavy (non-hydrogen) atoms. The van der Waals surface area contributed by atoms with Crippen LogP contribution in [-0.4, -0.2) is 19.7 Å². The quantitative estimate of drug-likeness (QED) is 0.225. The van der Waals surface area contributed by atoms with Crippen molar-refractivity contribution < 1.29 is 14.3 Å². The number of methoxy groups -OCH3 is 1. The molecule has 166 valence electrons. The summed E-state index contributed by atoms with van der Waals surface area (Å²) in [6, 6.07) is 38.3. The second-order valence-electron chi connectivity index (χ2n) is 7.88. The van der Waals surface area contributed by atoms with Crippen molar-refractivity contribution in [3.63, 3.8) is 0 Å². The Labute approximate surface area is 198 Å². The van der Waals surface area contributed by atoms with E-state index in [2.05, 4.69) is 48.5 Å². The second-order valence-corrected chi connectivity index (χ2v) is 9.90. The minimum Gasteiger partial charge on any atom is -0.448 e. The molecule has 0 bridgehead atoms. The van der Waals surface area contributed by atoms with Gasteiger partial charge in [0, 0.05) is 7.11 Å². The van der Waals surface area contributed by atoms with Crippen LogP contribution in [0.25, 0.3) is 0 Å². The number of ether oxygens (including phenoxy) is 2. The topological polar surface area (TPSA) is 35.5 Å². The summed E-state index contributed by atoms with van der Waals surface area (Å²) in [5.41, 5.74) is 0.539. The highest BCUT2D eigenvalue weighted by Crippen LogP contribution is 2.32. The Bertz CT molecular complexity index is 1120. The van der Waals surface area contributed by atoms with Crippen molar-refractivity contribution >= 4 is 16.9 Å². The van der Waals surface area contributed by atoms with E-state index in [9.17, 15) is 4.79 Å². The van der Waals surface area contributed by atoms with Gasteiger partial charge in [0.2, 0.25) is 0 Å². The van der Waals surface area contributed by atoms with Crippen LogP contribution in [0.2, 0.25) is 0 Å². The molecule has 0 saturated heterocycles. The Kier molecular flexibility index (Phi) is 7.28. The Morgan fingerprint density at radius 1 is 0.697 bits per heavy atom. The zero-order chi connectivity index (χ0) is 23.1.